The molecule has 34 heavy (non-hydrogen) atoms. The molecule has 0 spiro atoms. The largest absolute Gasteiger partial charge is 0.485 e. The van der Waals surface area contributed by atoms with Crippen LogP contribution in [0.4, 0.5) is 0 Å². The molecule has 0 amide bonds. The van der Waals surface area contributed by atoms with Gasteiger partial charge in [-0.05, 0) is 24.3 Å². The van der Waals surface area contributed by atoms with Crippen molar-refractivity contribution in [2.24, 2.45) is 0 Å². The van der Waals surface area contributed by atoms with Gasteiger partial charge in [-0.25, -0.2) is 13.4 Å². The number of Topliss-reactive ketones (excluding diaryl/α,β-unsaturated/α-hetero) is 1. The van der Waals surface area contributed by atoms with Crippen molar-refractivity contribution in [3.05, 3.63) is 96.0 Å². The molecule has 8 heteroatoms. The summed E-state index contributed by atoms with van der Waals surface area (Å²) in [5.74, 6) is 0.445. The molecule has 0 fully saturated rings. The molecule has 0 aliphatic rings. The zero-order valence-electron chi connectivity index (χ0n) is 18.2. The van der Waals surface area contributed by atoms with E-state index in [1.807, 2.05) is 58.4 Å². The lowest BCUT2D eigenvalue weighted by molar-refractivity contribution is 0.0921. The Kier molecular flexibility index (Phi) is 5.77. The van der Waals surface area contributed by atoms with Crippen molar-refractivity contribution in [3.63, 3.8) is 0 Å². The number of fused-ring (bicyclic) bond motifs is 1. The molecule has 0 unspecified atom stereocenters. The van der Waals surface area contributed by atoms with Crippen LogP contribution < -0.4 is 4.74 Å². The van der Waals surface area contributed by atoms with Crippen molar-refractivity contribution in [1.82, 2.24) is 9.38 Å². The Morgan fingerprint density at radius 1 is 0.971 bits per heavy atom. The minimum absolute atomic E-state index is 0.0744. The minimum Gasteiger partial charge on any atom is -0.485 e. The number of rotatable bonds is 7. The number of ketones is 1. The molecule has 0 aliphatic carbocycles. The van der Waals surface area contributed by atoms with E-state index in [1.165, 1.54) is 17.6 Å². The van der Waals surface area contributed by atoms with E-state index < -0.39 is 9.84 Å². The van der Waals surface area contributed by atoms with E-state index in [9.17, 15) is 13.2 Å². The van der Waals surface area contributed by atoms with Gasteiger partial charge in [0.25, 0.3) is 0 Å². The number of hydrogen-bond donors (Lipinski definition) is 0. The molecule has 0 saturated heterocycles. The van der Waals surface area contributed by atoms with Crippen molar-refractivity contribution in [3.8, 4) is 28.3 Å². The summed E-state index contributed by atoms with van der Waals surface area (Å²) in [6.07, 6.45) is 3.11. The van der Waals surface area contributed by atoms with Gasteiger partial charge in [-0.2, -0.15) is 0 Å². The van der Waals surface area contributed by atoms with Crippen LogP contribution in [0.2, 0.25) is 0 Å². The summed E-state index contributed by atoms with van der Waals surface area (Å²) < 4.78 is 32.0. The first-order valence-corrected chi connectivity index (χ1v) is 13.2. The molecule has 2 heterocycles. The number of benzene rings is 3. The highest BCUT2D eigenvalue weighted by Gasteiger charge is 2.19. The molecule has 170 valence electrons. The summed E-state index contributed by atoms with van der Waals surface area (Å²) in [4.78, 5) is 18.3. The zero-order valence-corrected chi connectivity index (χ0v) is 19.8. The molecule has 2 aromatic heterocycles. The van der Waals surface area contributed by atoms with E-state index in [1.54, 1.807) is 36.4 Å². The second-order valence-corrected chi connectivity index (χ2v) is 10.7. The van der Waals surface area contributed by atoms with Gasteiger partial charge in [-0.1, -0.05) is 54.6 Å². The molecule has 0 radical (unpaired) electrons. The number of carbonyl (C=O) groups is 1. The van der Waals surface area contributed by atoms with Crippen LogP contribution in [0.5, 0.6) is 5.75 Å². The maximum Gasteiger partial charge on any atom is 0.200 e. The average Bonchev–Trinajstić information content (AvgIpc) is 3.44. The lowest BCUT2D eigenvalue weighted by atomic mass is 10.0. The summed E-state index contributed by atoms with van der Waals surface area (Å²) in [6.45, 7) is -0.0744. The molecule has 3 aromatic carbocycles. The van der Waals surface area contributed by atoms with Gasteiger partial charge in [-0.3, -0.25) is 9.20 Å². The van der Waals surface area contributed by atoms with E-state index >= 15 is 0 Å². The fourth-order valence-corrected chi connectivity index (χ4v) is 5.11. The molecular formula is C26H20N2O4S2. The standard InChI is InChI=1S/C26H20N2O4S2/c1-34(30,31)22-12-6-10-20(16-22)25-24(27-26-28(25)13-14-33-26)19-9-5-11-21(15-19)32-17-23(29)18-7-3-2-4-8-18/h2-16H,17H2,1H3. The van der Waals surface area contributed by atoms with Crippen LogP contribution in [0.25, 0.3) is 27.5 Å². The summed E-state index contributed by atoms with van der Waals surface area (Å²) in [6, 6.07) is 23.3. The Bertz CT molecular complexity index is 1600. The lowest BCUT2D eigenvalue weighted by Gasteiger charge is -2.09. The van der Waals surface area contributed by atoms with E-state index in [4.69, 9.17) is 9.72 Å². The first-order valence-electron chi connectivity index (χ1n) is 10.5. The molecule has 0 bridgehead atoms. The summed E-state index contributed by atoms with van der Waals surface area (Å²) >= 11 is 1.50. The number of carbonyl (C=O) groups excluding carboxylic acids is 1. The maximum absolute atomic E-state index is 12.4. The number of nitrogens with zero attached hydrogens (tertiary/aromatic N) is 2. The highest BCUT2D eigenvalue weighted by molar-refractivity contribution is 7.90. The first kappa shape index (κ1) is 22.1. The van der Waals surface area contributed by atoms with Crippen molar-refractivity contribution in [2.75, 3.05) is 12.9 Å². The van der Waals surface area contributed by atoms with E-state index in [0.29, 0.717) is 17.0 Å². The second-order valence-electron chi connectivity index (χ2n) is 7.77. The Balaban J connectivity index is 1.51. The number of aromatic nitrogens is 2. The van der Waals surface area contributed by atoms with Crippen LogP contribution in [-0.2, 0) is 9.84 Å². The number of sulfone groups is 1. The van der Waals surface area contributed by atoms with Crippen LogP contribution >= 0.6 is 11.3 Å². The molecule has 0 atom stereocenters. The number of hydrogen-bond acceptors (Lipinski definition) is 6. The third kappa shape index (κ3) is 4.37. The Labute approximate surface area is 201 Å². The predicted octanol–water partition coefficient (Wildman–Crippen LogP) is 5.40. The molecule has 5 rings (SSSR count). The van der Waals surface area contributed by atoms with Gasteiger partial charge in [0.1, 0.15) is 5.75 Å². The number of thiazole rings is 1. The fraction of sp³-hybridized carbons (Fsp3) is 0.0769. The Hall–Kier alpha value is -3.75. The van der Waals surface area contributed by atoms with Crippen molar-refractivity contribution >= 4 is 31.9 Å². The zero-order chi connectivity index (χ0) is 23.7. The topological polar surface area (TPSA) is 77.7 Å². The number of ether oxygens (including phenoxy) is 1. The van der Waals surface area contributed by atoms with Crippen molar-refractivity contribution < 1.29 is 17.9 Å². The highest BCUT2D eigenvalue weighted by Crippen LogP contribution is 2.36. The smallest absolute Gasteiger partial charge is 0.200 e. The quantitative estimate of drug-likeness (QED) is 0.287. The highest BCUT2D eigenvalue weighted by atomic mass is 32.2. The van der Waals surface area contributed by atoms with E-state index in [-0.39, 0.29) is 17.3 Å². The second kappa shape index (κ2) is 8.89. The summed E-state index contributed by atoms with van der Waals surface area (Å²) in [7, 11) is -3.36. The maximum atomic E-state index is 12.4. The van der Waals surface area contributed by atoms with Crippen molar-refractivity contribution in [1.29, 1.82) is 0 Å². The van der Waals surface area contributed by atoms with Crippen LogP contribution in [0.1, 0.15) is 10.4 Å². The van der Waals surface area contributed by atoms with Gasteiger partial charge < -0.3 is 4.74 Å². The average molecular weight is 489 g/mol. The van der Waals surface area contributed by atoms with Gasteiger partial charge in [0.15, 0.2) is 27.2 Å². The van der Waals surface area contributed by atoms with Crippen molar-refractivity contribution in [2.45, 2.75) is 4.90 Å². The third-order valence-corrected chi connectivity index (χ3v) is 7.24. The first-order chi connectivity index (χ1) is 16.4. The molecule has 0 N–H and O–H groups in total. The molecule has 6 nitrogen and oxygen atoms in total. The van der Waals surface area contributed by atoms with Crippen LogP contribution in [0, 0.1) is 0 Å². The molecule has 0 saturated carbocycles. The van der Waals surface area contributed by atoms with Gasteiger partial charge in [0, 0.05) is 34.5 Å². The van der Waals surface area contributed by atoms with Gasteiger partial charge in [0.05, 0.1) is 16.3 Å². The SMILES string of the molecule is CS(=O)(=O)c1cccc(-c2c(-c3cccc(OCC(=O)c4ccccc4)c3)nc3sccn23)c1. The van der Waals surface area contributed by atoms with E-state index in [2.05, 4.69) is 0 Å². The normalized spacial score (nSPS) is 11.6. The monoisotopic (exact) mass is 488 g/mol. The number of imidazole rings is 1. The van der Waals surface area contributed by atoms with Gasteiger partial charge in [0.2, 0.25) is 0 Å². The molecule has 5 aromatic rings. The van der Waals surface area contributed by atoms with Crippen LogP contribution in [0.3, 0.4) is 0 Å². The Morgan fingerprint density at radius 3 is 2.53 bits per heavy atom. The minimum atomic E-state index is -3.36. The summed E-state index contributed by atoms with van der Waals surface area (Å²) in [5, 5.41) is 1.94. The third-order valence-electron chi connectivity index (χ3n) is 5.37. The van der Waals surface area contributed by atoms with Crippen LogP contribution in [-0.4, -0.2) is 36.4 Å². The van der Waals surface area contributed by atoms with Gasteiger partial charge in [-0.15, -0.1) is 11.3 Å². The van der Waals surface area contributed by atoms with Crippen LogP contribution in [0.15, 0.2) is 95.3 Å². The lowest BCUT2D eigenvalue weighted by Crippen LogP contribution is -2.11. The fourth-order valence-electron chi connectivity index (χ4n) is 3.73. The molecular weight excluding hydrogens is 468 g/mol. The predicted molar refractivity (Wildman–Crippen MR) is 133 cm³/mol. The van der Waals surface area contributed by atoms with Gasteiger partial charge >= 0.3 is 0 Å². The summed E-state index contributed by atoms with van der Waals surface area (Å²) in [5.41, 5.74) is 3.65. The Morgan fingerprint density at radius 2 is 1.74 bits per heavy atom. The molecule has 0 aliphatic heterocycles. The van der Waals surface area contributed by atoms with E-state index in [0.717, 1.165) is 21.8 Å².